The molecule has 0 amide bonds. The lowest BCUT2D eigenvalue weighted by atomic mass is 9.78. The first-order valence-corrected chi connectivity index (χ1v) is 8.44. The fourth-order valence-electron chi connectivity index (χ4n) is 2.76. The lowest BCUT2D eigenvalue weighted by Crippen LogP contribution is -2.40. The SMILES string of the molecule is CN=C(NCc1nc(C)c(C)s1)NCC1Cc2ccccc21.I. The summed E-state index contributed by atoms with van der Waals surface area (Å²) in [5, 5.41) is 7.86. The van der Waals surface area contributed by atoms with E-state index in [9.17, 15) is 0 Å². The Morgan fingerprint density at radius 1 is 1.30 bits per heavy atom. The van der Waals surface area contributed by atoms with Gasteiger partial charge in [-0.3, -0.25) is 4.99 Å². The molecule has 1 heterocycles. The lowest BCUT2D eigenvalue weighted by Gasteiger charge is -2.30. The smallest absolute Gasteiger partial charge is 0.191 e. The Bertz CT molecular complexity index is 676. The van der Waals surface area contributed by atoms with Gasteiger partial charge in [-0.05, 0) is 31.4 Å². The summed E-state index contributed by atoms with van der Waals surface area (Å²) in [5.74, 6) is 1.44. The molecule has 6 heteroatoms. The summed E-state index contributed by atoms with van der Waals surface area (Å²) in [6.07, 6.45) is 1.16. The van der Waals surface area contributed by atoms with Gasteiger partial charge in [0.05, 0.1) is 12.2 Å². The number of aromatic nitrogens is 1. The summed E-state index contributed by atoms with van der Waals surface area (Å²) in [7, 11) is 1.81. The number of hydrogen-bond donors (Lipinski definition) is 2. The standard InChI is InChI=1S/C17H22N4S.HI/c1-11-12(2)22-16(21-11)10-20-17(18-3)19-9-14-8-13-6-4-5-7-15(13)14;/h4-7,14H,8-10H2,1-3H3,(H2,18,19,20);1H. The van der Waals surface area contributed by atoms with Crippen molar-refractivity contribution in [3.63, 3.8) is 0 Å². The van der Waals surface area contributed by atoms with Crippen LogP contribution in [0.4, 0.5) is 0 Å². The van der Waals surface area contributed by atoms with Gasteiger partial charge in [0.15, 0.2) is 5.96 Å². The molecule has 0 saturated carbocycles. The molecule has 0 aliphatic heterocycles. The van der Waals surface area contributed by atoms with Crippen molar-refractivity contribution < 1.29 is 0 Å². The molecule has 1 aromatic carbocycles. The van der Waals surface area contributed by atoms with Crippen LogP contribution in [0.2, 0.25) is 0 Å². The van der Waals surface area contributed by atoms with Crippen molar-refractivity contribution in [2.45, 2.75) is 32.7 Å². The van der Waals surface area contributed by atoms with Crippen LogP contribution >= 0.6 is 35.3 Å². The number of guanidine groups is 1. The van der Waals surface area contributed by atoms with Gasteiger partial charge < -0.3 is 10.6 Å². The normalized spacial score (nSPS) is 16.1. The molecule has 124 valence electrons. The molecular formula is C17H23IN4S. The van der Waals surface area contributed by atoms with Crippen LogP contribution in [0, 0.1) is 13.8 Å². The maximum absolute atomic E-state index is 4.54. The number of nitrogens with zero attached hydrogens (tertiary/aromatic N) is 2. The molecule has 1 aromatic heterocycles. The number of rotatable bonds is 4. The lowest BCUT2D eigenvalue weighted by molar-refractivity contribution is 0.584. The van der Waals surface area contributed by atoms with Gasteiger partial charge in [0.2, 0.25) is 0 Å². The molecule has 0 fully saturated rings. The highest BCUT2D eigenvalue weighted by atomic mass is 127. The minimum Gasteiger partial charge on any atom is -0.356 e. The highest BCUT2D eigenvalue weighted by Gasteiger charge is 2.25. The number of aliphatic imine (C=N–C) groups is 1. The average molecular weight is 442 g/mol. The van der Waals surface area contributed by atoms with Crippen LogP contribution in [0.3, 0.4) is 0 Å². The monoisotopic (exact) mass is 442 g/mol. The van der Waals surface area contributed by atoms with Crippen molar-refractivity contribution in [1.29, 1.82) is 0 Å². The zero-order valence-corrected chi connectivity index (χ0v) is 16.9. The molecule has 0 spiro atoms. The Hall–Kier alpha value is -1.15. The molecule has 1 aliphatic rings. The molecule has 2 N–H and O–H groups in total. The largest absolute Gasteiger partial charge is 0.356 e. The third kappa shape index (κ3) is 4.23. The van der Waals surface area contributed by atoms with Crippen LogP contribution in [0.1, 0.15) is 32.6 Å². The quantitative estimate of drug-likeness (QED) is 0.434. The summed E-state index contributed by atoms with van der Waals surface area (Å²) in [5.41, 5.74) is 4.07. The summed E-state index contributed by atoms with van der Waals surface area (Å²) in [6.45, 7) is 5.81. The molecule has 23 heavy (non-hydrogen) atoms. The van der Waals surface area contributed by atoms with Crippen LogP contribution in [0.25, 0.3) is 0 Å². The average Bonchev–Trinajstić information content (AvgIpc) is 2.82. The van der Waals surface area contributed by atoms with E-state index in [1.807, 2.05) is 7.05 Å². The van der Waals surface area contributed by atoms with Crippen LogP contribution < -0.4 is 10.6 Å². The molecule has 1 unspecified atom stereocenters. The number of aryl methyl sites for hydroxylation is 2. The second-order valence-electron chi connectivity index (χ2n) is 5.66. The van der Waals surface area contributed by atoms with Crippen LogP contribution in [-0.4, -0.2) is 24.5 Å². The van der Waals surface area contributed by atoms with Gasteiger partial charge in [0, 0.05) is 24.4 Å². The van der Waals surface area contributed by atoms with Gasteiger partial charge in [-0.15, -0.1) is 35.3 Å². The van der Waals surface area contributed by atoms with Crippen molar-refractivity contribution in [2.75, 3.05) is 13.6 Å². The second-order valence-corrected chi connectivity index (χ2v) is 6.94. The molecule has 2 aromatic rings. The Labute approximate surface area is 158 Å². The van der Waals surface area contributed by atoms with Gasteiger partial charge in [-0.2, -0.15) is 0 Å². The van der Waals surface area contributed by atoms with E-state index in [1.165, 1.54) is 16.0 Å². The molecule has 4 nitrogen and oxygen atoms in total. The number of benzene rings is 1. The Kier molecular flexibility index (Phi) is 6.41. The molecular weight excluding hydrogens is 419 g/mol. The summed E-state index contributed by atoms with van der Waals surface area (Å²) >= 11 is 1.74. The zero-order chi connectivity index (χ0) is 15.5. The second kappa shape index (κ2) is 8.10. The number of nitrogens with one attached hydrogen (secondary N) is 2. The Balaban J connectivity index is 0.00000192. The topological polar surface area (TPSA) is 49.3 Å². The zero-order valence-electron chi connectivity index (χ0n) is 13.7. The van der Waals surface area contributed by atoms with Crippen molar-refractivity contribution in [2.24, 2.45) is 4.99 Å². The van der Waals surface area contributed by atoms with Crippen LogP contribution in [-0.2, 0) is 13.0 Å². The van der Waals surface area contributed by atoms with Gasteiger partial charge in [0.25, 0.3) is 0 Å². The molecule has 0 saturated heterocycles. The van der Waals surface area contributed by atoms with Crippen molar-refractivity contribution in [3.8, 4) is 0 Å². The summed E-state index contributed by atoms with van der Waals surface area (Å²) < 4.78 is 0. The first-order valence-electron chi connectivity index (χ1n) is 7.62. The first-order chi connectivity index (χ1) is 10.7. The Morgan fingerprint density at radius 3 is 2.74 bits per heavy atom. The molecule has 0 radical (unpaired) electrons. The van der Waals surface area contributed by atoms with E-state index in [0.29, 0.717) is 5.92 Å². The molecule has 0 bridgehead atoms. The highest BCUT2D eigenvalue weighted by Crippen LogP contribution is 2.33. The highest BCUT2D eigenvalue weighted by molar-refractivity contribution is 14.0. The molecule has 1 atom stereocenters. The number of fused-ring (bicyclic) bond motifs is 1. The van der Waals surface area contributed by atoms with Crippen LogP contribution in [0.5, 0.6) is 0 Å². The van der Waals surface area contributed by atoms with E-state index in [-0.39, 0.29) is 24.0 Å². The molecule has 3 rings (SSSR count). The van der Waals surface area contributed by atoms with E-state index < -0.39 is 0 Å². The fourth-order valence-corrected chi connectivity index (χ4v) is 3.63. The van der Waals surface area contributed by atoms with Crippen molar-refractivity contribution in [3.05, 3.63) is 51.0 Å². The van der Waals surface area contributed by atoms with Gasteiger partial charge in [-0.25, -0.2) is 4.98 Å². The molecule has 1 aliphatic carbocycles. The predicted octanol–water partition coefficient (Wildman–Crippen LogP) is 3.38. The fraction of sp³-hybridized carbons (Fsp3) is 0.412. The first kappa shape index (κ1) is 18.2. The van der Waals surface area contributed by atoms with Crippen LogP contribution in [0.15, 0.2) is 29.3 Å². The van der Waals surface area contributed by atoms with Gasteiger partial charge >= 0.3 is 0 Å². The summed E-state index contributed by atoms with van der Waals surface area (Å²) in [4.78, 5) is 10.1. The van der Waals surface area contributed by atoms with Gasteiger partial charge in [0.1, 0.15) is 5.01 Å². The third-order valence-electron chi connectivity index (χ3n) is 4.18. The minimum atomic E-state index is 0. The van der Waals surface area contributed by atoms with Crippen molar-refractivity contribution >= 4 is 41.3 Å². The Morgan fingerprint density at radius 2 is 2.09 bits per heavy atom. The maximum atomic E-state index is 4.54. The number of halogens is 1. The van der Waals surface area contributed by atoms with E-state index in [4.69, 9.17) is 0 Å². The van der Waals surface area contributed by atoms with Crippen molar-refractivity contribution in [1.82, 2.24) is 15.6 Å². The van der Waals surface area contributed by atoms with E-state index >= 15 is 0 Å². The number of thiazole rings is 1. The third-order valence-corrected chi connectivity index (χ3v) is 5.25. The minimum absolute atomic E-state index is 0. The summed E-state index contributed by atoms with van der Waals surface area (Å²) in [6, 6.07) is 8.67. The maximum Gasteiger partial charge on any atom is 0.191 e. The van der Waals surface area contributed by atoms with E-state index in [2.05, 4.69) is 58.7 Å². The van der Waals surface area contributed by atoms with E-state index in [1.54, 1.807) is 11.3 Å². The van der Waals surface area contributed by atoms with E-state index in [0.717, 1.165) is 36.2 Å². The van der Waals surface area contributed by atoms with Gasteiger partial charge in [-0.1, -0.05) is 24.3 Å². The predicted molar refractivity (Wildman–Crippen MR) is 108 cm³/mol. The number of hydrogen-bond acceptors (Lipinski definition) is 3.